The van der Waals surface area contributed by atoms with Gasteiger partial charge in [0.05, 0.1) is 6.54 Å². The molecule has 0 aliphatic carbocycles. The number of hydrogen-bond acceptors (Lipinski definition) is 5. The third kappa shape index (κ3) is 3.43. The molecule has 0 fully saturated rings. The van der Waals surface area contributed by atoms with Gasteiger partial charge in [-0.05, 0) is 19.9 Å². The number of anilines is 1. The molecule has 0 aromatic carbocycles. The molecule has 1 aromatic rings. The molecule has 5 heteroatoms. The van der Waals surface area contributed by atoms with Gasteiger partial charge >= 0.3 is 0 Å². The fraction of sp³-hybridized carbons (Fsp3) is 0.800. The lowest BCUT2D eigenvalue weighted by Gasteiger charge is -2.24. The van der Waals surface area contributed by atoms with E-state index in [1.165, 1.54) is 12.8 Å². The molecule has 0 saturated carbocycles. The summed E-state index contributed by atoms with van der Waals surface area (Å²) in [6, 6.07) is 0.645. The smallest absolute Gasteiger partial charge is 0.205 e. The number of hydrogen-bond donors (Lipinski definition) is 1. The van der Waals surface area contributed by atoms with Crippen LogP contribution in [0, 0.1) is 0 Å². The fourth-order valence-electron chi connectivity index (χ4n) is 1.67. The summed E-state index contributed by atoms with van der Waals surface area (Å²) >= 11 is 1.62. The van der Waals surface area contributed by atoms with Crippen molar-refractivity contribution < 1.29 is 0 Å². The second kappa shape index (κ2) is 6.02. The van der Waals surface area contributed by atoms with Crippen LogP contribution in [0.2, 0.25) is 0 Å². The summed E-state index contributed by atoms with van der Waals surface area (Å²) in [5.41, 5.74) is 0. The van der Waals surface area contributed by atoms with E-state index >= 15 is 0 Å². The van der Waals surface area contributed by atoms with Crippen molar-refractivity contribution in [3.63, 3.8) is 0 Å². The number of aromatic nitrogens is 2. The zero-order valence-electron chi connectivity index (χ0n) is 9.95. The summed E-state index contributed by atoms with van der Waals surface area (Å²) in [7, 11) is 4.02. The Morgan fingerprint density at radius 3 is 2.47 bits per heavy atom. The minimum Gasteiger partial charge on any atom is -0.363 e. The van der Waals surface area contributed by atoms with Gasteiger partial charge in [-0.25, -0.2) is 0 Å². The van der Waals surface area contributed by atoms with E-state index < -0.39 is 0 Å². The molecule has 0 atom stereocenters. The highest BCUT2D eigenvalue weighted by molar-refractivity contribution is 7.15. The van der Waals surface area contributed by atoms with E-state index in [1.54, 1.807) is 11.3 Å². The largest absolute Gasteiger partial charge is 0.363 e. The van der Waals surface area contributed by atoms with Gasteiger partial charge in [0.15, 0.2) is 0 Å². The molecular formula is C10H20N4S. The van der Waals surface area contributed by atoms with Gasteiger partial charge in [0, 0.05) is 13.1 Å². The third-order valence-electron chi connectivity index (χ3n) is 2.63. The quantitative estimate of drug-likeness (QED) is 0.810. The van der Waals surface area contributed by atoms with Gasteiger partial charge in [-0.2, -0.15) is 0 Å². The summed E-state index contributed by atoms with van der Waals surface area (Å²) in [4.78, 5) is 2.35. The summed E-state index contributed by atoms with van der Waals surface area (Å²) in [6.45, 7) is 5.35. The van der Waals surface area contributed by atoms with Gasteiger partial charge in [0.1, 0.15) is 5.01 Å². The predicted octanol–water partition coefficient (Wildman–Crippen LogP) is 2.20. The molecule has 1 aromatic heterocycles. The Bertz CT molecular complexity index is 283. The molecule has 1 heterocycles. The molecule has 15 heavy (non-hydrogen) atoms. The lowest BCUT2D eigenvalue weighted by atomic mass is 10.1. The predicted molar refractivity (Wildman–Crippen MR) is 65.3 cm³/mol. The van der Waals surface area contributed by atoms with Crippen molar-refractivity contribution in [3.05, 3.63) is 5.01 Å². The zero-order valence-corrected chi connectivity index (χ0v) is 10.8. The topological polar surface area (TPSA) is 41.1 Å². The standard InChI is InChI=1S/C10H20N4S/c1-5-8(6-2)14(4)7-9-12-13-10(11-3)15-9/h8H,5-7H2,1-4H3,(H,11,13). The van der Waals surface area contributed by atoms with Gasteiger partial charge in [0.25, 0.3) is 0 Å². The molecule has 86 valence electrons. The Morgan fingerprint density at radius 1 is 1.33 bits per heavy atom. The first-order valence-corrected chi connectivity index (χ1v) is 6.23. The lowest BCUT2D eigenvalue weighted by molar-refractivity contribution is 0.221. The monoisotopic (exact) mass is 228 g/mol. The van der Waals surface area contributed by atoms with Crippen LogP contribution >= 0.6 is 11.3 Å². The van der Waals surface area contributed by atoms with E-state index in [1.807, 2.05) is 7.05 Å². The van der Waals surface area contributed by atoms with Crippen molar-refractivity contribution in [1.29, 1.82) is 0 Å². The summed E-state index contributed by atoms with van der Waals surface area (Å²) in [5.74, 6) is 0. The lowest BCUT2D eigenvalue weighted by Crippen LogP contribution is -2.29. The van der Waals surface area contributed by atoms with Crippen molar-refractivity contribution >= 4 is 16.5 Å². The molecular weight excluding hydrogens is 208 g/mol. The second-order valence-electron chi connectivity index (χ2n) is 3.64. The number of rotatable bonds is 6. The molecule has 0 unspecified atom stereocenters. The van der Waals surface area contributed by atoms with Crippen LogP contribution in [0.15, 0.2) is 0 Å². The van der Waals surface area contributed by atoms with Crippen molar-refractivity contribution in [1.82, 2.24) is 15.1 Å². The van der Waals surface area contributed by atoms with Crippen LogP contribution in [0.25, 0.3) is 0 Å². The van der Waals surface area contributed by atoms with Crippen LogP contribution < -0.4 is 5.32 Å². The van der Waals surface area contributed by atoms with Gasteiger partial charge in [0.2, 0.25) is 5.13 Å². The SMILES string of the molecule is CCC(CC)N(C)Cc1nnc(NC)s1. The van der Waals surface area contributed by atoms with Gasteiger partial charge in [-0.3, -0.25) is 4.90 Å². The zero-order chi connectivity index (χ0) is 11.3. The first-order chi connectivity index (χ1) is 7.21. The molecule has 0 aliphatic heterocycles. The van der Waals surface area contributed by atoms with E-state index in [9.17, 15) is 0 Å². The molecule has 0 spiro atoms. The second-order valence-corrected chi connectivity index (χ2v) is 4.70. The average molecular weight is 228 g/mol. The molecule has 1 rings (SSSR count). The van der Waals surface area contributed by atoms with Crippen LogP contribution in [0.4, 0.5) is 5.13 Å². The highest BCUT2D eigenvalue weighted by atomic mass is 32.1. The summed E-state index contributed by atoms with van der Waals surface area (Å²) < 4.78 is 0. The van der Waals surface area contributed by atoms with E-state index in [0.717, 1.165) is 16.7 Å². The molecule has 0 aliphatic rings. The van der Waals surface area contributed by atoms with Crippen LogP contribution in [-0.2, 0) is 6.54 Å². The first kappa shape index (κ1) is 12.4. The normalized spacial score (nSPS) is 11.3. The maximum atomic E-state index is 4.14. The van der Waals surface area contributed by atoms with Crippen molar-refractivity contribution in [2.24, 2.45) is 0 Å². The Morgan fingerprint density at radius 2 is 2.00 bits per heavy atom. The average Bonchev–Trinajstić information content (AvgIpc) is 2.67. The Balaban J connectivity index is 2.53. The number of nitrogens with zero attached hydrogens (tertiary/aromatic N) is 3. The Kier molecular flexibility index (Phi) is 4.98. The van der Waals surface area contributed by atoms with Crippen molar-refractivity contribution in [2.75, 3.05) is 19.4 Å². The van der Waals surface area contributed by atoms with Crippen LogP contribution in [0.5, 0.6) is 0 Å². The minimum atomic E-state index is 0.645. The van der Waals surface area contributed by atoms with E-state index in [0.29, 0.717) is 6.04 Å². The molecule has 0 radical (unpaired) electrons. The maximum absolute atomic E-state index is 4.14. The van der Waals surface area contributed by atoms with Gasteiger partial charge in [-0.15, -0.1) is 10.2 Å². The van der Waals surface area contributed by atoms with Gasteiger partial charge in [-0.1, -0.05) is 25.2 Å². The third-order valence-corrected chi connectivity index (χ3v) is 3.56. The molecule has 0 amide bonds. The molecule has 4 nitrogen and oxygen atoms in total. The molecule has 0 saturated heterocycles. The van der Waals surface area contributed by atoms with Crippen LogP contribution in [0.3, 0.4) is 0 Å². The fourth-order valence-corrected chi connectivity index (χ4v) is 2.43. The Labute approximate surface area is 95.7 Å². The summed E-state index contributed by atoms with van der Waals surface area (Å²) in [6.07, 6.45) is 2.37. The first-order valence-electron chi connectivity index (χ1n) is 5.41. The van der Waals surface area contributed by atoms with Crippen molar-refractivity contribution in [2.45, 2.75) is 39.3 Å². The molecule has 0 bridgehead atoms. The van der Waals surface area contributed by atoms with E-state index in [-0.39, 0.29) is 0 Å². The highest BCUT2D eigenvalue weighted by Crippen LogP contribution is 2.17. The van der Waals surface area contributed by atoms with E-state index in [2.05, 4.69) is 41.3 Å². The van der Waals surface area contributed by atoms with Crippen LogP contribution in [0.1, 0.15) is 31.7 Å². The van der Waals surface area contributed by atoms with Gasteiger partial charge < -0.3 is 5.32 Å². The molecule has 1 N–H and O–H groups in total. The summed E-state index contributed by atoms with van der Waals surface area (Å²) in [5, 5.41) is 13.1. The maximum Gasteiger partial charge on any atom is 0.205 e. The highest BCUT2D eigenvalue weighted by Gasteiger charge is 2.12. The number of nitrogens with one attached hydrogen (secondary N) is 1. The Hall–Kier alpha value is -0.680. The van der Waals surface area contributed by atoms with Crippen molar-refractivity contribution in [3.8, 4) is 0 Å². The van der Waals surface area contributed by atoms with Crippen LogP contribution in [-0.4, -0.2) is 35.2 Å². The van der Waals surface area contributed by atoms with E-state index in [4.69, 9.17) is 0 Å². The minimum absolute atomic E-state index is 0.645.